The van der Waals surface area contributed by atoms with Crippen molar-refractivity contribution in [3.8, 4) is 0 Å². The molecule has 0 fully saturated rings. The minimum Gasteiger partial charge on any atom is -0.464 e. The molecule has 0 heterocycles. The molecule has 0 aromatic heterocycles. The molecule has 0 radical (unpaired) electrons. The molecule has 0 aliphatic heterocycles. The van der Waals surface area contributed by atoms with E-state index < -0.39 is 12.1 Å². The highest BCUT2D eigenvalue weighted by atomic mass is 16.6. The van der Waals surface area contributed by atoms with Gasteiger partial charge in [0.2, 0.25) is 0 Å². The maximum atomic E-state index is 12.1. The van der Waals surface area contributed by atoms with E-state index >= 15 is 0 Å². The Hall–Kier alpha value is -1.52. The number of hydrogen-bond acceptors (Lipinski definition) is 4. The van der Waals surface area contributed by atoms with Crippen LogP contribution in [-0.2, 0) is 14.3 Å². The summed E-state index contributed by atoms with van der Waals surface area (Å²) < 4.78 is 10.1. The molecule has 0 rings (SSSR count). The number of carbonyl (C=O) groups excluding carboxylic acids is 2. The lowest BCUT2D eigenvalue weighted by molar-refractivity contribution is -0.146. The first-order valence-corrected chi connectivity index (χ1v) is 9.86. The fourth-order valence-electron chi connectivity index (χ4n) is 2.54. The first-order chi connectivity index (χ1) is 12.2. The third-order valence-electron chi connectivity index (χ3n) is 3.98. The summed E-state index contributed by atoms with van der Waals surface area (Å²) in [5.74, 6) is -0.378. The zero-order chi connectivity index (χ0) is 18.8. The average Bonchev–Trinajstić information content (AvgIpc) is 2.61. The predicted octanol–water partition coefficient (Wildman–Crippen LogP) is 5.14. The van der Waals surface area contributed by atoms with Crippen LogP contribution < -0.4 is 5.32 Å². The van der Waals surface area contributed by atoms with E-state index in [1.807, 2.05) is 6.92 Å². The van der Waals surface area contributed by atoms with Crippen LogP contribution in [0.4, 0.5) is 4.79 Å². The first kappa shape index (κ1) is 23.5. The van der Waals surface area contributed by atoms with Gasteiger partial charge in [-0.2, -0.15) is 0 Å². The molecule has 146 valence electrons. The van der Waals surface area contributed by atoms with Crippen molar-refractivity contribution < 1.29 is 19.1 Å². The largest absolute Gasteiger partial charge is 0.464 e. The van der Waals surface area contributed by atoms with E-state index in [0.29, 0.717) is 13.0 Å². The lowest BCUT2D eigenvalue weighted by Crippen LogP contribution is -2.42. The highest BCUT2D eigenvalue weighted by Gasteiger charge is 2.21. The van der Waals surface area contributed by atoms with Gasteiger partial charge in [-0.1, -0.05) is 84.3 Å². The Kier molecular flexibility index (Phi) is 16.3. The topological polar surface area (TPSA) is 64.6 Å². The fraction of sp³-hybridized carbons (Fsp3) is 0.800. The summed E-state index contributed by atoms with van der Waals surface area (Å²) in [6.07, 6.45) is 13.2. The minimum absolute atomic E-state index is 0.123. The van der Waals surface area contributed by atoms with Crippen LogP contribution in [0.5, 0.6) is 0 Å². The molecule has 5 nitrogen and oxygen atoms in total. The van der Waals surface area contributed by atoms with Crippen molar-refractivity contribution in [2.45, 2.75) is 90.5 Å². The number of rotatable bonds is 16. The van der Waals surface area contributed by atoms with Gasteiger partial charge in [-0.15, -0.1) is 0 Å². The summed E-state index contributed by atoms with van der Waals surface area (Å²) >= 11 is 0. The van der Waals surface area contributed by atoms with Crippen LogP contribution in [0.25, 0.3) is 0 Å². The molecule has 1 unspecified atom stereocenters. The molecule has 0 saturated heterocycles. The van der Waals surface area contributed by atoms with Crippen molar-refractivity contribution in [3.05, 3.63) is 12.7 Å². The van der Waals surface area contributed by atoms with Gasteiger partial charge in [-0.05, 0) is 12.8 Å². The Bertz CT molecular complexity index is 358. The molecule has 1 atom stereocenters. The molecule has 0 aromatic rings. The summed E-state index contributed by atoms with van der Waals surface area (Å²) in [5.41, 5.74) is 0. The molecule has 0 saturated carbocycles. The monoisotopic (exact) mass is 355 g/mol. The summed E-state index contributed by atoms with van der Waals surface area (Å²) in [7, 11) is 0. The lowest BCUT2D eigenvalue weighted by atomic mass is 10.1. The molecule has 25 heavy (non-hydrogen) atoms. The molecule has 0 aromatic carbocycles. The molecule has 0 aliphatic carbocycles. The van der Waals surface area contributed by atoms with Crippen molar-refractivity contribution >= 4 is 12.1 Å². The van der Waals surface area contributed by atoms with Crippen LogP contribution in [0.2, 0.25) is 0 Å². The molecule has 1 N–H and O–H groups in total. The van der Waals surface area contributed by atoms with E-state index in [4.69, 9.17) is 9.47 Å². The van der Waals surface area contributed by atoms with Gasteiger partial charge in [0.1, 0.15) is 12.6 Å². The van der Waals surface area contributed by atoms with Gasteiger partial charge in [0, 0.05) is 0 Å². The van der Waals surface area contributed by atoms with Crippen LogP contribution in [-0.4, -0.2) is 31.3 Å². The van der Waals surface area contributed by atoms with Crippen LogP contribution >= 0.6 is 0 Å². The predicted molar refractivity (Wildman–Crippen MR) is 102 cm³/mol. The smallest absolute Gasteiger partial charge is 0.408 e. The van der Waals surface area contributed by atoms with E-state index in [-0.39, 0.29) is 12.6 Å². The van der Waals surface area contributed by atoms with Gasteiger partial charge < -0.3 is 14.8 Å². The number of unbranched alkanes of at least 4 members (excludes halogenated alkanes) is 8. The third kappa shape index (κ3) is 14.5. The van der Waals surface area contributed by atoms with Crippen LogP contribution in [0.1, 0.15) is 84.5 Å². The second-order valence-electron chi connectivity index (χ2n) is 6.37. The molecule has 5 heteroatoms. The Morgan fingerprint density at radius 1 is 0.920 bits per heavy atom. The zero-order valence-electron chi connectivity index (χ0n) is 16.2. The molecule has 0 bridgehead atoms. The first-order valence-electron chi connectivity index (χ1n) is 9.86. The minimum atomic E-state index is -0.638. The van der Waals surface area contributed by atoms with E-state index in [2.05, 4.69) is 18.8 Å². The van der Waals surface area contributed by atoms with Crippen LogP contribution in [0.15, 0.2) is 12.7 Å². The maximum Gasteiger partial charge on any atom is 0.408 e. The SMILES string of the molecule is C=CCOC(=O)NC(CCC)C(=O)OCCCCCCCCCCC. The van der Waals surface area contributed by atoms with Gasteiger partial charge in [-0.25, -0.2) is 9.59 Å². The van der Waals surface area contributed by atoms with Gasteiger partial charge in [0.15, 0.2) is 0 Å². The summed E-state index contributed by atoms with van der Waals surface area (Å²) in [5, 5.41) is 2.55. The van der Waals surface area contributed by atoms with E-state index in [0.717, 1.165) is 19.3 Å². The van der Waals surface area contributed by atoms with Crippen molar-refractivity contribution in [2.75, 3.05) is 13.2 Å². The van der Waals surface area contributed by atoms with E-state index in [1.165, 1.54) is 51.0 Å². The van der Waals surface area contributed by atoms with Gasteiger partial charge in [0.05, 0.1) is 6.61 Å². The molecule has 0 spiro atoms. The highest BCUT2D eigenvalue weighted by molar-refractivity contribution is 5.81. The van der Waals surface area contributed by atoms with Crippen molar-refractivity contribution in [3.63, 3.8) is 0 Å². The quantitative estimate of drug-likeness (QED) is 0.236. The van der Waals surface area contributed by atoms with Crippen molar-refractivity contribution in [1.82, 2.24) is 5.32 Å². The molecular formula is C20H37NO4. The number of alkyl carbamates (subject to hydrolysis) is 1. The summed E-state index contributed by atoms with van der Waals surface area (Å²) in [6, 6.07) is -0.638. The summed E-state index contributed by atoms with van der Waals surface area (Å²) in [6.45, 7) is 8.20. The Morgan fingerprint density at radius 2 is 1.52 bits per heavy atom. The number of hydrogen-bond donors (Lipinski definition) is 1. The van der Waals surface area contributed by atoms with Gasteiger partial charge in [0.25, 0.3) is 0 Å². The van der Waals surface area contributed by atoms with Crippen molar-refractivity contribution in [2.24, 2.45) is 0 Å². The lowest BCUT2D eigenvalue weighted by Gasteiger charge is -2.16. The molecule has 0 aliphatic rings. The van der Waals surface area contributed by atoms with Crippen molar-refractivity contribution in [1.29, 1.82) is 0 Å². The molecule has 1 amide bonds. The van der Waals surface area contributed by atoms with Gasteiger partial charge >= 0.3 is 12.1 Å². The zero-order valence-corrected chi connectivity index (χ0v) is 16.2. The average molecular weight is 356 g/mol. The normalized spacial score (nSPS) is 11.6. The standard InChI is InChI=1S/C20H37NO4/c1-4-7-8-9-10-11-12-13-14-17-24-19(22)18(15-5-2)21-20(23)25-16-6-3/h6,18H,3-5,7-17H2,1-2H3,(H,21,23). The maximum absolute atomic E-state index is 12.1. The number of carbonyl (C=O) groups is 2. The molecular weight excluding hydrogens is 318 g/mol. The Morgan fingerprint density at radius 3 is 2.08 bits per heavy atom. The second kappa shape index (κ2) is 17.3. The number of amides is 1. The number of ether oxygens (including phenoxy) is 2. The second-order valence-corrected chi connectivity index (χ2v) is 6.37. The fourth-order valence-corrected chi connectivity index (χ4v) is 2.54. The van der Waals surface area contributed by atoms with E-state index in [9.17, 15) is 9.59 Å². The highest BCUT2D eigenvalue weighted by Crippen LogP contribution is 2.10. The number of nitrogens with one attached hydrogen (secondary N) is 1. The Labute approximate surface area is 153 Å². The Balaban J connectivity index is 3.77. The van der Waals surface area contributed by atoms with Crippen LogP contribution in [0.3, 0.4) is 0 Å². The summed E-state index contributed by atoms with van der Waals surface area (Å²) in [4.78, 5) is 23.6. The van der Waals surface area contributed by atoms with Crippen LogP contribution in [0, 0.1) is 0 Å². The third-order valence-corrected chi connectivity index (χ3v) is 3.98. The van der Waals surface area contributed by atoms with Gasteiger partial charge in [-0.3, -0.25) is 0 Å². The number of esters is 1. The van der Waals surface area contributed by atoms with E-state index in [1.54, 1.807) is 0 Å².